The van der Waals surface area contributed by atoms with Crippen LogP contribution in [0.3, 0.4) is 0 Å². The van der Waals surface area contributed by atoms with E-state index in [4.69, 9.17) is 4.74 Å². The van der Waals surface area contributed by atoms with Crippen LogP contribution in [0.15, 0.2) is 48.5 Å². The molecule has 116 valence electrons. The molecule has 5 heteroatoms. The third-order valence-corrected chi connectivity index (χ3v) is 3.14. The molecule has 1 N–H and O–H groups in total. The fourth-order valence-corrected chi connectivity index (χ4v) is 1.91. The van der Waals surface area contributed by atoms with E-state index in [0.29, 0.717) is 13.0 Å². The molecule has 2 aromatic carbocycles. The number of amides is 1. The van der Waals surface area contributed by atoms with Gasteiger partial charge in [0.2, 0.25) is 0 Å². The molecule has 2 rings (SSSR count). The zero-order valence-corrected chi connectivity index (χ0v) is 12.2. The van der Waals surface area contributed by atoms with E-state index in [2.05, 4.69) is 5.32 Å². The first-order chi connectivity index (χ1) is 10.6. The van der Waals surface area contributed by atoms with Crippen LogP contribution in [-0.4, -0.2) is 18.6 Å². The van der Waals surface area contributed by atoms with Crippen LogP contribution < -0.4 is 10.1 Å². The summed E-state index contributed by atoms with van der Waals surface area (Å²) < 4.78 is 31.5. The topological polar surface area (TPSA) is 38.3 Å². The average molecular weight is 305 g/mol. The van der Waals surface area contributed by atoms with Gasteiger partial charge in [0.25, 0.3) is 5.91 Å². The third-order valence-electron chi connectivity index (χ3n) is 3.14. The van der Waals surface area contributed by atoms with Crippen molar-refractivity contribution in [2.45, 2.75) is 19.4 Å². The molecule has 1 amide bonds. The molecule has 0 aliphatic carbocycles. The number of carbonyl (C=O) groups excluding carboxylic acids is 1. The first-order valence-corrected chi connectivity index (χ1v) is 6.99. The molecule has 0 fully saturated rings. The summed E-state index contributed by atoms with van der Waals surface area (Å²) in [5.41, 5.74) is 0.921. The molecule has 0 heterocycles. The van der Waals surface area contributed by atoms with E-state index in [-0.39, 0.29) is 17.5 Å². The van der Waals surface area contributed by atoms with Gasteiger partial charge in [0.05, 0.1) is 0 Å². The van der Waals surface area contributed by atoms with E-state index in [1.54, 1.807) is 31.2 Å². The van der Waals surface area contributed by atoms with Gasteiger partial charge in [-0.25, -0.2) is 8.78 Å². The second-order valence-corrected chi connectivity index (χ2v) is 4.86. The van der Waals surface area contributed by atoms with E-state index in [0.717, 1.165) is 5.56 Å². The van der Waals surface area contributed by atoms with Crippen LogP contribution in [-0.2, 0) is 11.2 Å². The van der Waals surface area contributed by atoms with Gasteiger partial charge in [0, 0.05) is 6.54 Å². The van der Waals surface area contributed by atoms with Crippen LogP contribution in [0.4, 0.5) is 8.78 Å². The lowest BCUT2D eigenvalue weighted by atomic mass is 10.1. The minimum absolute atomic E-state index is 0.0451. The highest BCUT2D eigenvalue weighted by Crippen LogP contribution is 2.16. The molecule has 1 unspecified atom stereocenters. The lowest BCUT2D eigenvalue weighted by Crippen LogP contribution is -2.37. The predicted octanol–water partition coefficient (Wildman–Crippen LogP) is 3.09. The normalized spacial score (nSPS) is 11.8. The highest BCUT2D eigenvalue weighted by atomic mass is 19.1. The number of benzene rings is 2. The van der Waals surface area contributed by atoms with E-state index < -0.39 is 11.9 Å². The maximum Gasteiger partial charge on any atom is 0.260 e. The first kappa shape index (κ1) is 15.9. The SMILES string of the molecule is CC(Oc1ccccc1F)C(=O)NCCc1ccc(F)cc1. The molecule has 0 aliphatic rings. The van der Waals surface area contributed by atoms with Gasteiger partial charge in [-0.1, -0.05) is 24.3 Å². The van der Waals surface area contributed by atoms with Crippen molar-refractivity contribution in [3.05, 3.63) is 65.7 Å². The van der Waals surface area contributed by atoms with Gasteiger partial charge in [0.1, 0.15) is 5.82 Å². The van der Waals surface area contributed by atoms with Crippen molar-refractivity contribution in [3.8, 4) is 5.75 Å². The Bertz CT molecular complexity index is 629. The highest BCUT2D eigenvalue weighted by Gasteiger charge is 2.15. The summed E-state index contributed by atoms with van der Waals surface area (Å²) in [6, 6.07) is 12.0. The van der Waals surface area contributed by atoms with E-state index in [1.165, 1.54) is 24.3 Å². The van der Waals surface area contributed by atoms with Crippen molar-refractivity contribution in [3.63, 3.8) is 0 Å². The Kier molecular flexibility index (Phi) is 5.47. The summed E-state index contributed by atoms with van der Waals surface area (Å²) in [5, 5.41) is 2.71. The summed E-state index contributed by atoms with van der Waals surface area (Å²) in [6.45, 7) is 1.95. The van der Waals surface area contributed by atoms with Crippen molar-refractivity contribution in [1.82, 2.24) is 5.32 Å². The Morgan fingerprint density at radius 2 is 1.82 bits per heavy atom. The molecule has 0 aliphatic heterocycles. The monoisotopic (exact) mass is 305 g/mol. The van der Waals surface area contributed by atoms with Gasteiger partial charge in [-0.2, -0.15) is 0 Å². The smallest absolute Gasteiger partial charge is 0.260 e. The second kappa shape index (κ2) is 7.54. The quantitative estimate of drug-likeness (QED) is 0.890. The number of hydrogen-bond acceptors (Lipinski definition) is 2. The summed E-state index contributed by atoms with van der Waals surface area (Å²) in [6.07, 6.45) is -0.219. The fourth-order valence-electron chi connectivity index (χ4n) is 1.91. The van der Waals surface area contributed by atoms with Crippen molar-refractivity contribution < 1.29 is 18.3 Å². The summed E-state index contributed by atoms with van der Waals surface area (Å²) >= 11 is 0. The molecule has 2 aromatic rings. The second-order valence-electron chi connectivity index (χ2n) is 4.86. The van der Waals surface area contributed by atoms with Crippen LogP contribution in [0.2, 0.25) is 0 Å². The van der Waals surface area contributed by atoms with Crippen molar-refractivity contribution >= 4 is 5.91 Å². The number of ether oxygens (including phenoxy) is 1. The molecule has 1 atom stereocenters. The van der Waals surface area contributed by atoms with E-state index in [9.17, 15) is 13.6 Å². The number of halogens is 2. The van der Waals surface area contributed by atoms with Crippen LogP contribution in [0.25, 0.3) is 0 Å². The minimum atomic E-state index is -0.801. The molecule has 0 aromatic heterocycles. The summed E-state index contributed by atoms with van der Waals surface area (Å²) in [7, 11) is 0. The minimum Gasteiger partial charge on any atom is -0.478 e. The Morgan fingerprint density at radius 3 is 2.50 bits per heavy atom. The van der Waals surface area contributed by atoms with Gasteiger partial charge in [-0.05, 0) is 43.2 Å². The number of rotatable bonds is 6. The molecular formula is C17H17F2NO2. The Labute approximate surface area is 127 Å². The predicted molar refractivity (Wildman–Crippen MR) is 79.6 cm³/mol. The molecule has 0 radical (unpaired) electrons. The Hall–Kier alpha value is -2.43. The average Bonchev–Trinajstić information content (AvgIpc) is 2.51. The summed E-state index contributed by atoms with van der Waals surface area (Å²) in [4.78, 5) is 11.9. The van der Waals surface area contributed by atoms with Gasteiger partial charge in [0.15, 0.2) is 17.7 Å². The Balaban J connectivity index is 1.79. The molecule has 0 bridgehead atoms. The molecule has 0 saturated heterocycles. The van der Waals surface area contributed by atoms with Crippen molar-refractivity contribution in [2.75, 3.05) is 6.54 Å². The highest BCUT2D eigenvalue weighted by molar-refractivity contribution is 5.80. The number of para-hydroxylation sites is 1. The number of nitrogens with one attached hydrogen (secondary N) is 1. The van der Waals surface area contributed by atoms with Gasteiger partial charge in [-0.3, -0.25) is 4.79 Å². The largest absolute Gasteiger partial charge is 0.478 e. The zero-order chi connectivity index (χ0) is 15.9. The number of carbonyl (C=O) groups is 1. The molecular weight excluding hydrogens is 288 g/mol. The van der Waals surface area contributed by atoms with Crippen LogP contribution in [0.1, 0.15) is 12.5 Å². The van der Waals surface area contributed by atoms with Crippen LogP contribution in [0.5, 0.6) is 5.75 Å². The maximum absolute atomic E-state index is 13.4. The van der Waals surface area contributed by atoms with Crippen molar-refractivity contribution in [1.29, 1.82) is 0 Å². The summed E-state index contributed by atoms with van der Waals surface area (Å²) in [5.74, 6) is -1.08. The van der Waals surface area contributed by atoms with Crippen LogP contribution >= 0.6 is 0 Å². The van der Waals surface area contributed by atoms with Gasteiger partial charge >= 0.3 is 0 Å². The Morgan fingerprint density at radius 1 is 1.14 bits per heavy atom. The lowest BCUT2D eigenvalue weighted by molar-refractivity contribution is -0.127. The lowest BCUT2D eigenvalue weighted by Gasteiger charge is -2.15. The third kappa shape index (κ3) is 4.55. The van der Waals surface area contributed by atoms with Crippen LogP contribution in [0, 0.1) is 11.6 Å². The standard InChI is InChI=1S/C17H17F2NO2/c1-12(22-16-5-3-2-4-15(16)19)17(21)20-11-10-13-6-8-14(18)9-7-13/h2-9,12H,10-11H2,1H3,(H,20,21). The van der Waals surface area contributed by atoms with Gasteiger partial charge in [-0.15, -0.1) is 0 Å². The fraction of sp³-hybridized carbons (Fsp3) is 0.235. The first-order valence-electron chi connectivity index (χ1n) is 6.99. The molecule has 0 saturated carbocycles. The number of hydrogen-bond donors (Lipinski definition) is 1. The van der Waals surface area contributed by atoms with Crippen molar-refractivity contribution in [2.24, 2.45) is 0 Å². The maximum atomic E-state index is 13.4. The van der Waals surface area contributed by atoms with Gasteiger partial charge < -0.3 is 10.1 Å². The molecule has 3 nitrogen and oxygen atoms in total. The van der Waals surface area contributed by atoms with E-state index in [1.807, 2.05) is 0 Å². The van der Waals surface area contributed by atoms with E-state index >= 15 is 0 Å². The zero-order valence-electron chi connectivity index (χ0n) is 12.2. The molecule has 22 heavy (non-hydrogen) atoms. The molecule has 0 spiro atoms.